The number of rotatable bonds is 1. The monoisotopic (exact) mass is 264 g/mol. The minimum Gasteiger partial charge on any atom is -0.444 e. The van der Waals surface area contributed by atoms with Crippen LogP contribution in [0.25, 0.3) is 0 Å². The van der Waals surface area contributed by atoms with Crippen molar-refractivity contribution in [2.45, 2.75) is 52.2 Å². The molecular weight excluding hydrogens is 240 g/mol. The number of ether oxygens (including phenoxy) is 1. The lowest BCUT2D eigenvalue weighted by atomic mass is 9.91. The lowest BCUT2D eigenvalue weighted by Gasteiger charge is -2.37. The second-order valence-electron chi connectivity index (χ2n) is 5.55. The molecule has 0 aromatic rings. The maximum absolute atomic E-state index is 11.8. The number of hydrogen-bond donors (Lipinski definition) is 1. The van der Waals surface area contributed by atoms with E-state index in [0.717, 1.165) is 19.4 Å². The van der Waals surface area contributed by atoms with Gasteiger partial charge in [0.2, 0.25) is 0 Å². The number of likely N-dealkylation sites (tertiary alicyclic amines) is 1. The number of carbonyl (C=O) groups is 1. The number of amides is 1. The smallest absolute Gasteiger partial charge is 0.410 e. The Morgan fingerprint density at radius 3 is 2.53 bits per heavy atom. The van der Waals surface area contributed by atoms with Gasteiger partial charge in [-0.1, -0.05) is 13.3 Å². The second-order valence-corrected chi connectivity index (χ2v) is 5.55. The van der Waals surface area contributed by atoms with Crippen molar-refractivity contribution in [1.82, 2.24) is 4.90 Å². The molecule has 0 bridgehead atoms. The summed E-state index contributed by atoms with van der Waals surface area (Å²) >= 11 is 0. The van der Waals surface area contributed by atoms with Crippen LogP contribution >= 0.6 is 12.4 Å². The molecule has 0 aliphatic carbocycles. The SMILES string of the molecule is CC[C@@H]1CN(C(=O)OC(C)(C)C)CC[C@H]1N.Cl. The minimum absolute atomic E-state index is 0. The Kier molecular flexibility index (Phi) is 6.27. The zero-order chi connectivity index (χ0) is 12.3. The highest BCUT2D eigenvalue weighted by molar-refractivity contribution is 5.85. The fourth-order valence-corrected chi connectivity index (χ4v) is 1.97. The molecule has 0 aromatic carbocycles. The Hall–Kier alpha value is -0.480. The number of nitrogens with two attached hydrogens (primary N) is 1. The molecular formula is C12H25ClN2O2. The average Bonchev–Trinajstić information content (AvgIpc) is 2.15. The molecule has 1 aliphatic heterocycles. The fourth-order valence-electron chi connectivity index (χ4n) is 1.97. The van der Waals surface area contributed by atoms with Crippen LogP contribution in [0.4, 0.5) is 4.79 Å². The van der Waals surface area contributed by atoms with Crippen molar-refractivity contribution < 1.29 is 9.53 Å². The highest BCUT2D eigenvalue weighted by Crippen LogP contribution is 2.20. The molecule has 0 spiro atoms. The Bertz CT molecular complexity index is 253. The van der Waals surface area contributed by atoms with Gasteiger partial charge in [0.25, 0.3) is 0 Å². The molecule has 4 nitrogen and oxygen atoms in total. The number of carbonyl (C=O) groups excluding carboxylic acids is 1. The number of hydrogen-bond acceptors (Lipinski definition) is 3. The molecule has 1 amide bonds. The summed E-state index contributed by atoms with van der Waals surface area (Å²) < 4.78 is 5.35. The van der Waals surface area contributed by atoms with Crippen LogP contribution < -0.4 is 5.73 Å². The third-order valence-electron chi connectivity index (χ3n) is 2.97. The average molecular weight is 265 g/mol. The second kappa shape index (κ2) is 6.45. The Balaban J connectivity index is 0.00000256. The first-order valence-corrected chi connectivity index (χ1v) is 6.07. The van der Waals surface area contributed by atoms with E-state index in [1.807, 2.05) is 20.8 Å². The first-order valence-electron chi connectivity index (χ1n) is 6.07. The maximum Gasteiger partial charge on any atom is 0.410 e. The Morgan fingerprint density at radius 2 is 2.06 bits per heavy atom. The predicted octanol–water partition coefficient (Wildman–Crippen LogP) is 2.40. The summed E-state index contributed by atoms with van der Waals surface area (Å²) in [6.07, 6.45) is 1.68. The van der Waals surface area contributed by atoms with Gasteiger partial charge in [-0.15, -0.1) is 12.4 Å². The summed E-state index contributed by atoms with van der Waals surface area (Å²) in [4.78, 5) is 13.6. The molecule has 0 saturated carbocycles. The van der Waals surface area contributed by atoms with E-state index >= 15 is 0 Å². The summed E-state index contributed by atoms with van der Waals surface area (Å²) in [6, 6.07) is 0.226. The summed E-state index contributed by atoms with van der Waals surface area (Å²) in [7, 11) is 0. The number of nitrogens with zero attached hydrogens (tertiary/aromatic N) is 1. The van der Waals surface area contributed by atoms with Gasteiger partial charge < -0.3 is 15.4 Å². The minimum atomic E-state index is -0.418. The van der Waals surface area contributed by atoms with Gasteiger partial charge in [0.1, 0.15) is 5.60 Å². The van der Waals surface area contributed by atoms with Crippen LogP contribution in [0.3, 0.4) is 0 Å². The highest BCUT2D eigenvalue weighted by Gasteiger charge is 2.30. The molecule has 2 atom stereocenters. The molecule has 0 radical (unpaired) electrons. The van der Waals surface area contributed by atoms with E-state index in [1.165, 1.54) is 0 Å². The van der Waals surface area contributed by atoms with Crippen molar-refractivity contribution in [2.75, 3.05) is 13.1 Å². The van der Waals surface area contributed by atoms with Crippen LogP contribution in [0, 0.1) is 5.92 Å². The molecule has 0 aromatic heterocycles. The highest BCUT2D eigenvalue weighted by atomic mass is 35.5. The van der Waals surface area contributed by atoms with Crippen molar-refractivity contribution >= 4 is 18.5 Å². The van der Waals surface area contributed by atoms with E-state index < -0.39 is 5.60 Å². The molecule has 5 heteroatoms. The molecule has 17 heavy (non-hydrogen) atoms. The van der Waals surface area contributed by atoms with E-state index in [4.69, 9.17) is 10.5 Å². The molecule has 1 saturated heterocycles. The Labute approximate surface area is 110 Å². The van der Waals surface area contributed by atoms with Gasteiger partial charge in [-0.3, -0.25) is 0 Å². The zero-order valence-corrected chi connectivity index (χ0v) is 12.0. The molecule has 102 valence electrons. The lowest BCUT2D eigenvalue weighted by molar-refractivity contribution is 0.0146. The topological polar surface area (TPSA) is 55.6 Å². The lowest BCUT2D eigenvalue weighted by Crippen LogP contribution is -2.50. The summed E-state index contributed by atoms with van der Waals surface area (Å²) in [5, 5.41) is 0. The fraction of sp³-hybridized carbons (Fsp3) is 0.917. The largest absolute Gasteiger partial charge is 0.444 e. The van der Waals surface area contributed by atoms with E-state index in [9.17, 15) is 4.79 Å². The maximum atomic E-state index is 11.8. The van der Waals surface area contributed by atoms with Gasteiger partial charge in [0.05, 0.1) is 0 Å². The van der Waals surface area contributed by atoms with Crippen molar-refractivity contribution in [3.05, 3.63) is 0 Å². The normalized spacial score (nSPS) is 25.1. The van der Waals surface area contributed by atoms with E-state index in [-0.39, 0.29) is 24.5 Å². The van der Waals surface area contributed by atoms with Crippen LogP contribution in [0.1, 0.15) is 40.5 Å². The summed E-state index contributed by atoms with van der Waals surface area (Å²) in [6.45, 7) is 9.22. The summed E-state index contributed by atoms with van der Waals surface area (Å²) in [5.41, 5.74) is 5.58. The van der Waals surface area contributed by atoms with Crippen molar-refractivity contribution in [1.29, 1.82) is 0 Å². The first-order chi connectivity index (χ1) is 7.33. The Morgan fingerprint density at radius 1 is 1.47 bits per heavy atom. The van der Waals surface area contributed by atoms with Gasteiger partial charge in [0.15, 0.2) is 0 Å². The standard InChI is InChI=1S/C12H24N2O2.ClH/c1-5-9-8-14(7-6-10(9)13)11(15)16-12(2,3)4;/h9-10H,5-8,13H2,1-4H3;1H/t9-,10-;/m1./s1. The van der Waals surface area contributed by atoms with E-state index in [0.29, 0.717) is 12.5 Å². The molecule has 1 fully saturated rings. The van der Waals surface area contributed by atoms with Crippen LogP contribution in [0.15, 0.2) is 0 Å². The van der Waals surface area contributed by atoms with Crippen LogP contribution in [0.2, 0.25) is 0 Å². The van der Waals surface area contributed by atoms with Crippen molar-refractivity contribution in [3.8, 4) is 0 Å². The molecule has 0 unspecified atom stereocenters. The number of halogens is 1. The third-order valence-corrected chi connectivity index (χ3v) is 2.97. The molecule has 1 heterocycles. The molecule has 1 rings (SSSR count). The van der Waals surface area contributed by atoms with Crippen molar-refractivity contribution in [3.63, 3.8) is 0 Å². The van der Waals surface area contributed by atoms with Crippen LogP contribution in [-0.2, 0) is 4.74 Å². The van der Waals surface area contributed by atoms with E-state index in [2.05, 4.69) is 6.92 Å². The molecule has 1 aliphatic rings. The quantitative estimate of drug-likeness (QED) is 0.791. The van der Waals surface area contributed by atoms with Crippen LogP contribution in [-0.4, -0.2) is 35.7 Å². The van der Waals surface area contributed by atoms with Gasteiger partial charge in [-0.05, 0) is 33.1 Å². The first kappa shape index (κ1) is 16.5. The van der Waals surface area contributed by atoms with Gasteiger partial charge in [0, 0.05) is 19.1 Å². The molecule has 2 N–H and O–H groups in total. The zero-order valence-electron chi connectivity index (χ0n) is 11.2. The van der Waals surface area contributed by atoms with E-state index in [1.54, 1.807) is 4.90 Å². The van der Waals surface area contributed by atoms with Crippen LogP contribution in [0.5, 0.6) is 0 Å². The predicted molar refractivity (Wildman–Crippen MR) is 71.4 cm³/mol. The third kappa shape index (κ3) is 5.13. The van der Waals surface area contributed by atoms with Crippen molar-refractivity contribution in [2.24, 2.45) is 11.7 Å². The van der Waals surface area contributed by atoms with Gasteiger partial charge in [-0.2, -0.15) is 0 Å². The van der Waals surface area contributed by atoms with Gasteiger partial charge >= 0.3 is 6.09 Å². The number of piperidine rings is 1. The van der Waals surface area contributed by atoms with Gasteiger partial charge in [-0.25, -0.2) is 4.79 Å². The summed E-state index contributed by atoms with van der Waals surface area (Å²) in [5.74, 6) is 0.404.